The summed E-state index contributed by atoms with van der Waals surface area (Å²) in [5, 5.41) is 0.666. The molecule has 0 radical (unpaired) electrons. The van der Waals surface area contributed by atoms with Crippen LogP contribution in [-0.4, -0.2) is 9.55 Å². The lowest BCUT2D eigenvalue weighted by molar-refractivity contribution is 0.524. The monoisotopic (exact) mass is 308 g/mol. The Morgan fingerprint density at radius 2 is 2.00 bits per heavy atom. The van der Waals surface area contributed by atoms with E-state index in [0.29, 0.717) is 5.39 Å². The number of hydrogen-bond acceptors (Lipinski definition) is 2. The van der Waals surface area contributed by atoms with Crippen LogP contribution in [-0.2, 0) is 12.0 Å². The lowest BCUT2D eigenvalue weighted by Crippen LogP contribution is -2.24. The van der Waals surface area contributed by atoms with Crippen LogP contribution in [0.15, 0.2) is 27.6 Å². The van der Waals surface area contributed by atoms with E-state index in [1.54, 1.807) is 12.3 Å². The van der Waals surface area contributed by atoms with Crippen molar-refractivity contribution < 1.29 is 0 Å². The lowest BCUT2D eigenvalue weighted by atomic mass is 9.90. The van der Waals surface area contributed by atoms with E-state index in [0.717, 1.165) is 22.4 Å². The first-order valence-corrected chi connectivity index (χ1v) is 6.83. The maximum Gasteiger partial charge on any atom is 0.191 e. The van der Waals surface area contributed by atoms with Crippen LogP contribution >= 0.6 is 15.9 Å². The van der Waals surface area contributed by atoms with Crippen LogP contribution in [0.3, 0.4) is 0 Å². The van der Waals surface area contributed by atoms with Crippen molar-refractivity contribution in [3.63, 3.8) is 0 Å². The average Bonchev–Trinajstić information content (AvgIpc) is 2.28. The Bertz CT molecular complexity index is 653. The van der Waals surface area contributed by atoms with Crippen molar-refractivity contribution in [3.8, 4) is 0 Å². The number of hydrogen-bond donors (Lipinski definition) is 0. The number of aromatic nitrogens is 2. The second-order valence-corrected chi connectivity index (χ2v) is 6.33. The van der Waals surface area contributed by atoms with E-state index < -0.39 is 0 Å². The van der Waals surface area contributed by atoms with Gasteiger partial charge in [-0.1, -0.05) is 20.8 Å². The van der Waals surface area contributed by atoms with E-state index in [1.807, 2.05) is 6.07 Å². The maximum atomic E-state index is 12.2. The summed E-state index contributed by atoms with van der Waals surface area (Å²) in [5.74, 6) is 0. The van der Waals surface area contributed by atoms with Gasteiger partial charge < -0.3 is 4.57 Å². The Morgan fingerprint density at radius 3 is 2.56 bits per heavy atom. The average molecular weight is 309 g/mol. The number of halogens is 1. The minimum Gasteiger partial charge on any atom is -0.329 e. The molecule has 3 nitrogen and oxygen atoms in total. The Morgan fingerprint density at radius 1 is 1.33 bits per heavy atom. The summed E-state index contributed by atoms with van der Waals surface area (Å²) in [7, 11) is 0. The first-order chi connectivity index (χ1) is 8.34. The van der Waals surface area contributed by atoms with Crippen LogP contribution in [0.2, 0.25) is 0 Å². The van der Waals surface area contributed by atoms with E-state index in [9.17, 15) is 4.79 Å². The number of pyridine rings is 2. The molecule has 0 bridgehead atoms. The molecule has 0 aliphatic heterocycles. The normalized spacial score (nSPS) is 12.1. The number of aryl methyl sites for hydroxylation is 1. The zero-order chi connectivity index (χ0) is 13.5. The third kappa shape index (κ3) is 2.21. The van der Waals surface area contributed by atoms with E-state index >= 15 is 0 Å². The molecule has 0 spiro atoms. The van der Waals surface area contributed by atoms with Crippen LogP contribution < -0.4 is 5.43 Å². The summed E-state index contributed by atoms with van der Waals surface area (Å²) in [5.41, 5.74) is 1.75. The summed E-state index contributed by atoms with van der Waals surface area (Å²) in [6, 6.07) is 3.57. The largest absolute Gasteiger partial charge is 0.329 e. The number of fused-ring (bicyclic) bond motifs is 1. The predicted octanol–water partition coefficient (Wildman–Crippen LogP) is 3.48. The summed E-state index contributed by atoms with van der Waals surface area (Å²) in [6.07, 6.45) is 1.74. The molecule has 0 atom stereocenters. The van der Waals surface area contributed by atoms with Gasteiger partial charge in [-0.2, -0.15) is 0 Å². The molecular formula is C14H17BrN2O. The molecule has 2 rings (SSSR count). The Labute approximate surface area is 115 Å². The molecule has 0 N–H and O–H groups in total. The van der Waals surface area contributed by atoms with Gasteiger partial charge in [-0.3, -0.25) is 4.79 Å². The second kappa shape index (κ2) is 4.50. The minimum absolute atomic E-state index is 0.0356. The molecule has 0 aliphatic rings. The Kier molecular flexibility index (Phi) is 3.32. The molecular weight excluding hydrogens is 292 g/mol. The minimum atomic E-state index is -0.0713. The quantitative estimate of drug-likeness (QED) is 0.808. The second-order valence-electron chi connectivity index (χ2n) is 5.41. The third-order valence-corrected chi connectivity index (χ3v) is 3.43. The van der Waals surface area contributed by atoms with Crippen molar-refractivity contribution in [3.05, 3.63) is 38.7 Å². The first-order valence-electron chi connectivity index (χ1n) is 6.04. The standard InChI is InChI=1S/C14H17BrN2O/c1-5-17-12(14(2,3)4)7-11(18)10-6-9(15)8-16-13(10)17/h6-8H,5H2,1-4H3. The van der Waals surface area contributed by atoms with Gasteiger partial charge in [-0.05, 0) is 28.9 Å². The fourth-order valence-corrected chi connectivity index (χ4v) is 2.50. The van der Waals surface area contributed by atoms with Gasteiger partial charge in [0.1, 0.15) is 5.65 Å². The van der Waals surface area contributed by atoms with Gasteiger partial charge >= 0.3 is 0 Å². The molecule has 96 valence electrons. The maximum absolute atomic E-state index is 12.2. The van der Waals surface area contributed by atoms with Crippen molar-refractivity contribution in [2.24, 2.45) is 0 Å². The van der Waals surface area contributed by atoms with Crippen molar-refractivity contribution in [1.29, 1.82) is 0 Å². The summed E-state index contributed by atoms with van der Waals surface area (Å²) in [4.78, 5) is 16.6. The molecule has 0 amide bonds. The SMILES string of the molecule is CCn1c(C(C)(C)C)cc(=O)c2cc(Br)cnc21. The van der Waals surface area contributed by atoms with Crippen molar-refractivity contribution >= 4 is 27.0 Å². The predicted molar refractivity (Wildman–Crippen MR) is 78.1 cm³/mol. The van der Waals surface area contributed by atoms with Crippen molar-refractivity contribution in [2.45, 2.75) is 39.7 Å². The fourth-order valence-electron chi connectivity index (χ4n) is 2.16. The van der Waals surface area contributed by atoms with Crippen LogP contribution in [0.5, 0.6) is 0 Å². The summed E-state index contributed by atoms with van der Waals surface area (Å²) < 4.78 is 2.95. The van der Waals surface area contributed by atoms with E-state index in [-0.39, 0.29) is 10.8 Å². The molecule has 0 saturated heterocycles. The number of rotatable bonds is 1. The van der Waals surface area contributed by atoms with Gasteiger partial charge in [-0.25, -0.2) is 4.98 Å². The highest BCUT2D eigenvalue weighted by Crippen LogP contribution is 2.24. The Hall–Kier alpha value is -1.16. The molecule has 2 aromatic heterocycles. The topological polar surface area (TPSA) is 34.9 Å². The zero-order valence-corrected chi connectivity index (χ0v) is 12.7. The van der Waals surface area contributed by atoms with E-state index in [2.05, 4.69) is 53.2 Å². The van der Waals surface area contributed by atoms with Gasteiger partial charge in [0.15, 0.2) is 5.43 Å². The molecule has 0 aromatic carbocycles. The molecule has 0 unspecified atom stereocenters. The summed E-state index contributed by atoms with van der Waals surface area (Å²) in [6.45, 7) is 9.21. The molecule has 2 aromatic rings. The van der Waals surface area contributed by atoms with Gasteiger partial charge in [0.25, 0.3) is 0 Å². The van der Waals surface area contributed by atoms with Gasteiger partial charge in [0, 0.05) is 34.4 Å². The van der Waals surface area contributed by atoms with Gasteiger partial charge in [-0.15, -0.1) is 0 Å². The molecule has 0 aliphatic carbocycles. The molecule has 18 heavy (non-hydrogen) atoms. The van der Waals surface area contributed by atoms with Crippen LogP contribution in [0.25, 0.3) is 11.0 Å². The molecule has 0 fully saturated rings. The molecule has 4 heteroatoms. The highest BCUT2D eigenvalue weighted by Gasteiger charge is 2.20. The number of nitrogens with zero attached hydrogens (tertiary/aromatic N) is 2. The van der Waals surface area contributed by atoms with E-state index in [4.69, 9.17) is 0 Å². The molecule has 2 heterocycles. The van der Waals surface area contributed by atoms with Crippen LogP contribution in [0.1, 0.15) is 33.4 Å². The lowest BCUT2D eigenvalue weighted by Gasteiger charge is -2.25. The van der Waals surface area contributed by atoms with Crippen molar-refractivity contribution in [1.82, 2.24) is 9.55 Å². The fraction of sp³-hybridized carbons (Fsp3) is 0.429. The first kappa shape index (κ1) is 13.3. The highest BCUT2D eigenvalue weighted by atomic mass is 79.9. The van der Waals surface area contributed by atoms with Crippen LogP contribution in [0.4, 0.5) is 0 Å². The highest BCUT2D eigenvalue weighted by molar-refractivity contribution is 9.10. The third-order valence-electron chi connectivity index (χ3n) is 3.00. The van der Waals surface area contributed by atoms with Crippen molar-refractivity contribution in [2.75, 3.05) is 0 Å². The van der Waals surface area contributed by atoms with Crippen LogP contribution in [0, 0.1) is 0 Å². The van der Waals surface area contributed by atoms with Gasteiger partial charge in [0.05, 0.1) is 5.39 Å². The zero-order valence-electron chi connectivity index (χ0n) is 11.1. The van der Waals surface area contributed by atoms with Gasteiger partial charge in [0.2, 0.25) is 0 Å². The van der Waals surface area contributed by atoms with E-state index in [1.165, 1.54) is 0 Å². The Balaban J connectivity index is 2.93. The summed E-state index contributed by atoms with van der Waals surface area (Å²) >= 11 is 3.36. The smallest absolute Gasteiger partial charge is 0.191 e. The molecule has 0 saturated carbocycles.